The zero-order valence-electron chi connectivity index (χ0n) is 7.45. The molecule has 0 amide bonds. The van der Waals surface area contributed by atoms with E-state index < -0.39 is 5.97 Å². The first-order chi connectivity index (χ1) is 6.19. The molecule has 0 atom stereocenters. The lowest BCUT2D eigenvalue weighted by molar-refractivity contribution is 0.0693. The number of aryl methyl sites for hydroxylation is 1. The SMILES string of the molecule is CCc1ccc(CO)c(C(=O)O)c1. The molecule has 0 aliphatic heterocycles. The zero-order chi connectivity index (χ0) is 9.84. The van der Waals surface area contributed by atoms with Crippen LogP contribution in [-0.4, -0.2) is 16.2 Å². The van der Waals surface area contributed by atoms with E-state index in [4.69, 9.17) is 10.2 Å². The van der Waals surface area contributed by atoms with Crippen LogP contribution in [0.2, 0.25) is 0 Å². The van der Waals surface area contributed by atoms with Crippen LogP contribution in [0.25, 0.3) is 0 Å². The molecule has 1 aromatic carbocycles. The van der Waals surface area contributed by atoms with Gasteiger partial charge in [0.05, 0.1) is 12.2 Å². The smallest absolute Gasteiger partial charge is 0.336 e. The Kier molecular flexibility index (Phi) is 3.03. The fourth-order valence-corrected chi connectivity index (χ4v) is 1.18. The Morgan fingerprint density at radius 3 is 2.62 bits per heavy atom. The molecule has 1 rings (SSSR count). The van der Waals surface area contributed by atoms with Crippen molar-refractivity contribution in [1.29, 1.82) is 0 Å². The summed E-state index contributed by atoms with van der Waals surface area (Å²) in [5.74, 6) is -0.987. The first kappa shape index (κ1) is 9.74. The van der Waals surface area contributed by atoms with Gasteiger partial charge in [0.25, 0.3) is 0 Å². The van der Waals surface area contributed by atoms with Crippen molar-refractivity contribution in [1.82, 2.24) is 0 Å². The van der Waals surface area contributed by atoms with Crippen molar-refractivity contribution in [2.24, 2.45) is 0 Å². The summed E-state index contributed by atoms with van der Waals surface area (Å²) in [7, 11) is 0. The quantitative estimate of drug-likeness (QED) is 0.740. The maximum atomic E-state index is 10.7. The second kappa shape index (κ2) is 4.05. The van der Waals surface area contributed by atoms with Gasteiger partial charge in [-0.25, -0.2) is 4.79 Å². The van der Waals surface area contributed by atoms with Gasteiger partial charge in [-0.2, -0.15) is 0 Å². The van der Waals surface area contributed by atoms with Gasteiger partial charge in [0.1, 0.15) is 0 Å². The zero-order valence-corrected chi connectivity index (χ0v) is 7.45. The number of aliphatic hydroxyl groups is 1. The van der Waals surface area contributed by atoms with Crippen LogP contribution >= 0.6 is 0 Å². The fraction of sp³-hybridized carbons (Fsp3) is 0.300. The van der Waals surface area contributed by atoms with Crippen molar-refractivity contribution in [2.75, 3.05) is 0 Å². The Morgan fingerprint density at radius 1 is 1.46 bits per heavy atom. The van der Waals surface area contributed by atoms with Crippen LogP contribution in [0.5, 0.6) is 0 Å². The number of carbonyl (C=O) groups is 1. The monoisotopic (exact) mass is 180 g/mol. The van der Waals surface area contributed by atoms with Crippen LogP contribution in [0.15, 0.2) is 18.2 Å². The van der Waals surface area contributed by atoms with Crippen molar-refractivity contribution < 1.29 is 15.0 Å². The summed E-state index contributed by atoms with van der Waals surface area (Å²) in [6.45, 7) is 1.73. The van der Waals surface area contributed by atoms with Gasteiger partial charge in [0, 0.05) is 0 Å². The Balaban J connectivity index is 3.18. The largest absolute Gasteiger partial charge is 0.478 e. The molecular formula is C10H12O3. The van der Waals surface area contributed by atoms with Gasteiger partial charge in [-0.15, -0.1) is 0 Å². The third-order valence-electron chi connectivity index (χ3n) is 1.98. The number of carboxylic acid groups (broad SMARTS) is 1. The van der Waals surface area contributed by atoms with Crippen molar-refractivity contribution >= 4 is 5.97 Å². The summed E-state index contributed by atoms with van der Waals surface area (Å²) in [5.41, 5.74) is 1.63. The number of benzene rings is 1. The first-order valence-corrected chi connectivity index (χ1v) is 4.15. The highest BCUT2D eigenvalue weighted by Gasteiger charge is 2.09. The summed E-state index contributed by atoms with van der Waals surface area (Å²) < 4.78 is 0. The first-order valence-electron chi connectivity index (χ1n) is 4.15. The third-order valence-corrected chi connectivity index (χ3v) is 1.98. The molecule has 0 spiro atoms. The summed E-state index contributed by atoms with van der Waals surface area (Å²) >= 11 is 0. The lowest BCUT2D eigenvalue weighted by Gasteiger charge is -2.04. The van der Waals surface area contributed by atoms with Gasteiger partial charge >= 0.3 is 5.97 Å². The highest BCUT2D eigenvalue weighted by atomic mass is 16.4. The maximum absolute atomic E-state index is 10.7. The predicted molar refractivity (Wildman–Crippen MR) is 48.7 cm³/mol. The Labute approximate surface area is 76.6 Å². The minimum absolute atomic E-state index is 0.196. The van der Waals surface area contributed by atoms with Crippen molar-refractivity contribution in [3.63, 3.8) is 0 Å². The topological polar surface area (TPSA) is 57.5 Å². The molecule has 13 heavy (non-hydrogen) atoms. The van der Waals surface area contributed by atoms with E-state index in [1.807, 2.05) is 13.0 Å². The van der Waals surface area contributed by atoms with Crippen LogP contribution in [-0.2, 0) is 13.0 Å². The molecule has 0 unspecified atom stereocenters. The van der Waals surface area contributed by atoms with Crippen molar-refractivity contribution in [2.45, 2.75) is 20.0 Å². The molecular weight excluding hydrogens is 168 g/mol. The van der Waals surface area contributed by atoms with E-state index >= 15 is 0 Å². The van der Waals surface area contributed by atoms with Gasteiger partial charge in [0.2, 0.25) is 0 Å². The van der Waals surface area contributed by atoms with Crippen molar-refractivity contribution in [3.05, 3.63) is 34.9 Å². The molecule has 70 valence electrons. The molecule has 1 aromatic rings. The Bertz CT molecular complexity index is 318. The van der Waals surface area contributed by atoms with Gasteiger partial charge in [-0.1, -0.05) is 19.1 Å². The number of rotatable bonds is 3. The highest BCUT2D eigenvalue weighted by molar-refractivity contribution is 5.89. The summed E-state index contributed by atoms with van der Waals surface area (Å²) in [5, 5.41) is 17.7. The van der Waals surface area contributed by atoms with E-state index in [1.54, 1.807) is 12.1 Å². The lowest BCUT2D eigenvalue weighted by Crippen LogP contribution is -2.03. The van der Waals surface area contributed by atoms with Gasteiger partial charge in [0.15, 0.2) is 0 Å². The normalized spacial score (nSPS) is 10.0. The Morgan fingerprint density at radius 2 is 2.15 bits per heavy atom. The molecule has 3 heteroatoms. The second-order valence-electron chi connectivity index (χ2n) is 2.81. The summed E-state index contributed by atoms with van der Waals surface area (Å²) in [6, 6.07) is 5.09. The van der Waals surface area contributed by atoms with Crippen LogP contribution < -0.4 is 0 Å². The van der Waals surface area contributed by atoms with Crippen LogP contribution in [0, 0.1) is 0 Å². The molecule has 0 bridgehead atoms. The third kappa shape index (κ3) is 2.06. The molecule has 0 heterocycles. The minimum Gasteiger partial charge on any atom is -0.478 e. The van der Waals surface area contributed by atoms with E-state index in [9.17, 15) is 4.79 Å². The molecule has 0 fully saturated rings. The number of hydrogen-bond donors (Lipinski definition) is 2. The summed E-state index contributed by atoms with van der Waals surface area (Å²) in [6.07, 6.45) is 0.798. The molecule has 3 nitrogen and oxygen atoms in total. The van der Waals surface area contributed by atoms with Crippen LogP contribution in [0.1, 0.15) is 28.4 Å². The van der Waals surface area contributed by atoms with E-state index in [-0.39, 0.29) is 12.2 Å². The highest BCUT2D eigenvalue weighted by Crippen LogP contribution is 2.12. The maximum Gasteiger partial charge on any atom is 0.336 e. The predicted octanol–water partition coefficient (Wildman–Crippen LogP) is 1.44. The Hall–Kier alpha value is -1.35. The van der Waals surface area contributed by atoms with Gasteiger partial charge < -0.3 is 10.2 Å². The molecule has 0 radical (unpaired) electrons. The second-order valence-corrected chi connectivity index (χ2v) is 2.81. The van der Waals surface area contributed by atoms with E-state index in [1.165, 1.54) is 0 Å². The van der Waals surface area contributed by atoms with Gasteiger partial charge in [-0.05, 0) is 23.6 Å². The van der Waals surface area contributed by atoms with Crippen LogP contribution in [0.4, 0.5) is 0 Å². The molecule has 0 saturated carbocycles. The molecule has 0 saturated heterocycles. The molecule has 0 aliphatic rings. The molecule has 0 aromatic heterocycles. The number of carboxylic acids is 1. The average molecular weight is 180 g/mol. The number of aliphatic hydroxyl groups excluding tert-OH is 1. The molecule has 2 N–H and O–H groups in total. The number of hydrogen-bond acceptors (Lipinski definition) is 2. The van der Waals surface area contributed by atoms with E-state index in [0.29, 0.717) is 5.56 Å². The summed E-state index contributed by atoms with van der Waals surface area (Å²) in [4.78, 5) is 10.7. The van der Waals surface area contributed by atoms with E-state index in [2.05, 4.69) is 0 Å². The average Bonchev–Trinajstić information content (AvgIpc) is 2.16. The standard InChI is InChI=1S/C10H12O3/c1-2-7-3-4-8(6-11)9(5-7)10(12)13/h3-5,11H,2,6H2,1H3,(H,12,13). The van der Waals surface area contributed by atoms with Gasteiger partial charge in [-0.3, -0.25) is 0 Å². The molecule has 0 aliphatic carbocycles. The van der Waals surface area contributed by atoms with Crippen molar-refractivity contribution in [3.8, 4) is 0 Å². The lowest BCUT2D eigenvalue weighted by atomic mass is 10.0. The fourth-order valence-electron chi connectivity index (χ4n) is 1.18. The van der Waals surface area contributed by atoms with E-state index in [0.717, 1.165) is 12.0 Å². The van der Waals surface area contributed by atoms with Crippen LogP contribution in [0.3, 0.4) is 0 Å². The minimum atomic E-state index is -0.987. The number of aromatic carboxylic acids is 1.